The highest BCUT2D eigenvalue weighted by Crippen LogP contribution is 2.32. The van der Waals surface area contributed by atoms with E-state index in [1.807, 2.05) is 18.2 Å². The fourth-order valence-electron chi connectivity index (χ4n) is 2.20. The van der Waals surface area contributed by atoms with Gasteiger partial charge in [0.15, 0.2) is 0 Å². The van der Waals surface area contributed by atoms with Crippen molar-refractivity contribution in [3.63, 3.8) is 0 Å². The number of nitrogens with one attached hydrogen (secondary N) is 2. The number of hydrogen-bond donors (Lipinski definition) is 2. The summed E-state index contributed by atoms with van der Waals surface area (Å²) in [5, 5.41) is 6.19. The second-order valence-electron chi connectivity index (χ2n) is 4.77. The van der Waals surface area contributed by atoms with Gasteiger partial charge in [-0.1, -0.05) is 0 Å². The van der Waals surface area contributed by atoms with Gasteiger partial charge in [0.1, 0.15) is 5.75 Å². The molecule has 0 saturated heterocycles. The number of carbonyl (C=O) groups excluding carboxylic acids is 1. The van der Waals surface area contributed by atoms with Crippen molar-refractivity contribution in [2.24, 2.45) is 0 Å². The van der Waals surface area contributed by atoms with Gasteiger partial charge in [-0.25, -0.2) is 0 Å². The molecular formula is C14H20N2O3. The third-order valence-corrected chi connectivity index (χ3v) is 3.31. The molecule has 0 heterocycles. The van der Waals surface area contributed by atoms with Gasteiger partial charge in [-0.3, -0.25) is 4.79 Å². The van der Waals surface area contributed by atoms with E-state index < -0.39 is 0 Å². The number of rotatable bonds is 5. The average Bonchev–Trinajstić information content (AvgIpc) is 2.32. The van der Waals surface area contributed by atoms with Crippen molar-refractivity contribution in [1.29, 1.82) is 0 Å². The molecule has 104 valence electrons. The smallest absolute Gasteiger partial charge is 0.221 e. The molecule has 5 heteroatoms. The minimum Gasteiger partial charge on any atom is -0.495 e. The second kappa shape index (κ2) is 5.93. The van der Waals surface area contributed by atoms with E-state index in [0.29, 0.717) is 12.1 Å². The molecule has 1 aliphatic carbocycles. The van der Waals surface area contributed by atoms with Gasteiger partial charge in [-0.15, -0.1) is 0 Å². The summed E-state index contributed by atoms with van der Waals surface area (Å²) in [6, 6.07) is 5.95. The number of benzene rings is 1. The summed E-state index contributed by atoms with van der Waals surface area (Å²) in [4.78, 5) is 11.1. The van der Waals surface area contributed by atoms with E-state index in [4.69, 9.17) is 9.47 Å². The lowest BCUT2D eigenvalue weighted by atomic mass is 9.89. The Kier molecular flexibility index (Phi) is 4.27. The summed E-state index contributed by atoms with van der Waals surface area (Å²) in [6.45, 7) is 1.49. The van der Waals surface area contributed by atoms with Crippen LogP contribution in [0.15, 0.2) is 18.2 Å². The van der Waals surface area contributed by atoms with Gasteiger partial charge in [-0.2, -0.15) is 0 Å². The molecule has 1 saturated carbocycles. The predicted octanol–water partition coefficient (Wildman–Crippen LogP) is 2.24. The standard InChI is InChI=1S/C14H20N2O3/c1-9(17)15-10-4-5-14(19-3)13(8-10)16-11-6-12(7-11)18-2/h4-5,8,11-12,16H,6-7H2,1-3H3,(H,15,17). The number of ether oxygens (including phenoxy) is 2. The van der Waals surface area contributed by atoms with Gasteiger partial charge in [0.05, 0.1) is 18.9 Å². The lowest BCUT2D eigenvalue weighted by molar-refractivity contribution is -0.114. The second-order valence-corrected chi connectivity index (χ2v) is 4.77. The minimum atomic E-state index is -0.0841. The van der Waals surface area contributed by atoms with Gasteiger partial charge in [0.25, 0.3) is 0 Å². The zero-order valence-corrected chi connectivity index (χ0v) is 11.5. The van der Waals surface area contributed by atoms with Crippen LogP contribution < -0.4 is 15.4 Å². The normalized spacial score (nSPS) is 21.4. The Morgan fingerprint density at radius 1 is 1.32 bits per heavy atom. The summed E-state index contributed by atoms with van der Waals surface area (Å²) in [5.74, 6) is 0.689. The first kappa shape index (κ1) is 13.7. The van der Waals surface area contributed by atoms with E-state index in [-0.39, 0.29) is 5.91 Å². The zero-order valence-electron chi connectivity index (χ0n) is 11.5. The quantitative estimate of drug-likeness (QED) is 0.856. The molecule has 0 aliphatic heterocycles. The highest BCUT2D eigenvalue weighted by Gasteiger charge is 2.29. The first-order valence-corrected chi connectivity index (χ1v) is 6.37. The maximum Gasteiger partial charge on any atom is 0.221 e. The molecule has 0 spiro atoms. The molecule has 5 nitrogen and oxygen atoms in total. The molecule has 1 aliphatic rings. The van der Waals surface area contributed by atoms with Crippen LogP contribution in [0.3, 0.4) is 0 Å². The third-order valence-electron chi connectivity index (χ3n) is 3.31. The van der Waals surface area contributed by atoms with Crippen molar-refractivity contribution in [3.8, 4) is 5.75 Å². The highest BCUT2D eigenvalue weighted by atomic mass is 16.5. The number of hydrogen-bond acceptors (Lipinski definition) is 4. The maximum atomic E-state index is 11.1. The number of carbonyl (C=O) groups is 1. The Labute approximate surface area is 113 Å². The van der Waals surface area contributed by atoms with Crippen molar-refractivity contribution in [2.45, 2.75) is 31.9 Å². The van der Waals surface area contributed by atoms with Crippen LogP contribution in [0, 0.1) is 0 Å². The van der Waals surface area contributed by atoms with Crippen molar-refractivity contribution in [2.75, 3.05) is 24.9 Å². The Hall–Kier alpha value is -1.75. The van der Waals surface area contributed by atoms with Crippen LogP contribution in [0.2, 0.25) is 0 Å². The third kappa shape index (κ3) is 3.38. The minimum absolute atomic E-state index is 0.0841. The van der Waals surface area contributed by atoms with Crippen molar-refractivity contribution >= 4 is 17.3 Å². The highest BCUT2D eigenvalue weighted by molar-refractivity contribution is 5.89. The Bertz CT molecular complexity index is 456. The molecule has 2 rings (SSSR count). The molecule has 1 aromatic rings. The molecule has 0 atom stereocenters. The summed E-state index contributed by atoms with van der Waals surface area (Å²) >= 11 is 0. The van der Waals surface area contributed by atoms with Crippen LogP contribution in [0.25, 0.3) is 0 Å². The molecule has 1 amide bonds. The van der Waals surface area contributed by atoms with Gasteiger partial charge >= 0.3 is 0 Å². The number of methoxy groups -OCH3 is 2. The largest absolute Gasteiger partial charge is 0.495 e. The number of anilines is 2. The predicted molar refractivity (Wildman–Crippen MR) is 74.7 cm³/mol. The fraction of sp³-hybridized carbons (Fsp3) is 0.500. The molecule has 0 radical (unpaired) electrons. The van der Waals surface area contributed by atoms with E-state index >= 15 is 0 Å². The van der Waals surface area contributed by atoms with Crippen LogP contribution in [-0.4, -0.2) is 32.3 Å². The van der Waals surface area contributed by atoms with E-state index in [1.165, 1.54) is 6.92 Å². The molecule has 1 fully saturated rings. The molecule has 0 unspecified atom stereocenters. The molecule has 0 bridgehead atoms. The monoisotopic (exact) mass is 264 g/mol. The summed E-state index contributed by atoms with van der Waals surface area (Å²) in [6.07, 6.45) is 2.33. The van der Waals surface area contributed by atoms with Gasteiger partial charge in [0, 0.05) is 25.8 Å². The molecular weight excluding hydrogens is 244 g/mol. The van der Waals surface area contributed by atoms with Crippen molar-refractivity contribution in [1.82, 2.24) is 0 Å². The molecule has 0 aromatic heterocycles. The van der Waals surface area contributed by atoms with Gasteiger partial charge in [0.2, 0.25) is 5.91 Å². The van der Waals surface area contributed by atoms with E-state index in [2.05, 4.69) is 10.6 Å². The van der Waals surface area contributed by atoms with Crippen LogP contribution in [0.5, 0.6) is 5.75 Å². The van der Waals surface area contributed by atoms with Gasteiger partial charge in [-0.05, 0) is 31.0 Å². The van der Waals surface area contributed by atoms with Crippen LogP contribution >= 0.6 is 0 Å². The van der Waals surface area contributed by atoms with Crippen molar-refractivity contribution in [3.05, 3.63) is 18.2 Å². The van der Waals surface area contributed by atoms with E-state index in [9.17, 15) is 4.79 Å². The first-order chi connectivity index (χ1) is 9.12. The molecule has 1 aromatic carbocycles. The Morgan fingerprint density at radius 3 is 2.63 bits per heavy atom. The molecule has 19 heavy (non-hydrogen) atoms. The summed E-state index contributed by atoms with van der Waals surface area (Å²) < 4.78 is 10.6. The maximum absolute atomic E-state index is 11.1. The Balaban J connectivity index is 2.06. The SMILES string of the molecule is COc1ccc(NC(C)=O)cc1NC1CC(OC)C1. The van der Waals surface area contributed by atoms with E-state index in [1.54, 1.807) is 14.2 Å². The fourth-order valence-corrected chi connectivity index (χ4v) is 2.20. The van der Waals surface area contributed by atoms with Crippen LogP contribution in [0.1, 0.15) is 19.8 Å². The lowest BCUT2D eigenvalue weighted by Crippen LogP contribution is -2.40. The zero-order chi connectivity index (χ0) is 13.8. The Morgan fingerprint density at radius 2 is 2.05 bits per heavy atom. The van der Waals surface area contributed by atoms with E-state index in [0.717, 1.165) is 30.0 Å². The summed E-state index contributed by atoms with van der Waals surface area (Å²) in [7, 11) is 3.37. The lowest BCUT2D eigenvalue weighted by Gasteiger charge is -2.35. The average molecular weight is 264 g/mol. The first-order valence-electron chi connectivity index (χ1n) is 6.37. The van der Waals surface area contributed by atoms with Crippen LogP contribution in [-0.2, 0) is 9.53 Å². The van der Waals surface area contributed by atoms with Crippen molar-refractivity contribution < 1.29 is 14.3 Å². The molecule has 2 N–H and O–H groups in total. The van der Waals surface area contributed by atoms with Crippen LogP contribution in [0.4, 0.5) is 11.4 Å². The topological polar surface area (TPSA) is 59.6 Å². The number of amides is 1. The summed E-state index contributed by atoms with van der Waals surface area (Å²) in [5.41, 5.74) is 1.66. The van der Waals surface area contributed by atoms with Gasteiger partial charge < -0.3 is 20.1 Å².